The minimum absolute atomic E-state index is 0.00912. The van der Waals surface area contributed by atoms with Gasteiger partial charge in [0, 0.05) is 48.4 Å². The largest absolute Gasteiger partial charge is 0.395 e. The molecule has 4 aromatic rings. The number of halogens is 1. The number of aromatic nitrogens is 3. The molecule has 3 aromatic carbocycles. The minimum atomic E-state index is -3.44. The lowest BCUT2D eigenvalue weighted by Gasteiger charge is -2.32. The molecule has 0 bridgehead atoms. The van der Waals surface area contributed by atoms with Gasteiger partial charge in [-0.25, -0.2) is 0 Å². The molecule has 1 saturated heterocycles. The molecule has 0 aliphatic carbocycles. The smallest absolute Gasteiger partial charge is 0.264 e. The van der Waals surface area contributed by atoms with Crippen LogP contribution < -0.4 is 9.80 Å². The Labute approximate surface area is 331 Å². The molecule has 7 rings (SSSR count). The van der Waals surface area contributed by atoms with Crippen LogP contribution >= 0.6 is 0 Å². The zero-order chi connectivity index (χ0) is 39.8. The second-order valence-corrected chi connectivity index (χ2v) is 20.3. The number of hydrogen-bond donors (Lipinski definition) is 1. The highest BCUT2D eigenvalue weighted by Crippen LogP contribution is 2.61. The highest BCUT2D eigenvalue weighted by Gasteiger charge is 2.66. The lowest BCUT2D eigenvalue weighted by molar-refractivity contribution is -0.145. The first-order valence-electron chi connectivity index (χ1n) is 19.9. The van der Waals surface area contributed by atoms with Gasteiger partial charge in [-0.3, -0.25) is 19.2 Å². The number of carbonyl (C=O) groups excluding carboxylic acids is 2. The van der Waals surface area contributed by atoms with Gasteiger partial charge in [0.2, 0.25) is 14.3 Å². The van der Waals surface area contributed by atoms with E-state index in [4.69, 9.17) is 4.74 Å². The molecule has 5 atom stereocenters. The SMILES string of the molecule is CC(C)=CCC/C(C)=C/CN1C(=O)[C@@]2(O[C@@H](CCn3cc(C(CO)c4ccccc4)nn3)[C@H]([Si](C)(C)F)[C@H]2C)c2cc(N3C(=O)CCc4ccccc43)ccc21. The van der Waals surface area contributed by atoms with E-state index in [1.165, 1.54) is 11.1 Å². The number of nitrogens with zero attached hydrogens (tertiary/aromatic N) is 5. The predicted octanol–water partition coefficient (Wildman–Crippen LogP) is 8.92. The number of aliphatic hydroxyl groups is 1. The standard InChI is InChI=1S/C45H54FN5O4Si/c1-30(2)13-12-14-31(3)23-26-50-40-21-20-35(51-39-18-11-10-17-34(39)19-22-42(51)53)27-37(40)45(44(50)54)32(4)43(56(5,6)46)41(55-45)24-25-49-28-38(47-48-49)36(29-52)33-15-8-7-9-16-33/h7-11,13,15-18,20-21,23,27-28,32,36,41,43,52H,12,14,19,22,24-26,29H2,1-6H3/b31-23+/t32-,36?,41+,43-,45+/m1/s1. The van der Waals surface area contributed by atoms with Crippen molar-refractivity contribution < 1.29 is 23.5 Å². The minimum Gasteiger partial charge on any atom is -0.395 e. The second-order valence-electron chi connectivity index (χ2n) is 16.5. The summed E-state index contributed by atoms with van der Waals surface area (Å²) in [6.45, 7) is 12.3. The molecule has 1 unspecified atom stereocenters. The number of anilines is 3. The first-order chi connectivity index (χ1) is 26.8. The van der Waals surface area contributed by atoms with E-state index >= 15 is 8.90 Å². The van der Waals surface area contributed by atoms with Crippen LogP contribution in [0, 0.1) is 5.92 Å². The van der Waals surface area contributed by atoms with Crippen molar-refractivity contribution in [2.24, 2.45) is 5.92 Å². The van der Waals surface area contributed by atoms with Gasteiger partial charge >= 0.3 is 0 Å². The molecular formula is C45H54FN5O4Si. The van der Waals surface area contributed by atoms with Crippen molar-refractivity contribution in [3.8, 4) is 0 Å². The van der Waals surface area contributed by atoms with Crippen LogP contribution in [0.15, 0.2) is 102 Å². The summed E-state index contributed by atoms with van der Waals surface area (Å²) >= 11 is 0. The number of aliphatic hydroxyl groups excluding tert-OH is 1. The number of benzene rings is 3. The van der Waals surface area contributed by atoms with Gasteiger partial charge < -0.3 is 18.9 Å². The lowest BCUT2D eigenvalue weighted by Crippen LogP contribution is -2.45. The Kier molecular flexibility index (Phi) is 11.3. The van der Waals surface area contributed by atoms with Crippen molar-refractivity contribution in [2.75, 3.05) is 23.0 Å². The summed E-state index contributed by atoms with van der Waals surface area (Å²) in [5.41, 5.74) is 6.11. The summed E-state index contributed by atoms with van der Waals surface area (Å²) < 4.78 is 25.5. The number of carbonyl (C=O) groups is 2. The molecule has 9 nitrogen and oxygen atoms in total. The number of allylic oxidation sites excluding steroid dienone is 3. The van der Waals surface area contributed by atoms with Crippen LogP contribution in [0.4, 0.5) is 21.2 Å². The Morgan fingerprint density at radius 3 is 2.50 bits per heavy atom. The molecule has 0 saturated carbocycles. The van der Waals surface area contributed by atoms with E-state index in [1.54, 1.807) is 27.6 Å². The summed E-state index contributed by atoms with van der Waals surface area (Å²) in [6.07, 6.45) is 8.86. The number of aryl methyl sites for hydroxylation is 2. The van der Waals surface area contributed by atoms with Crippen LogP contribution in [0.3, 0.4) is 0 Å². The van der Waals surface area contributed by atoms with Gasteiger partial charge in [0.25, 0.3) is 5.91 Å². The van der Waals surface area contributed by atoms with Crippen molar-refractivity contribution >= 4 is 37.3 Å². The van der Waals surface area contributed by atoms with Gasteiger partial charge in [-0.05, 0) is 94.9 Å². The Morgan fingerprint density at radius 2 is 1.77 bits per heavy atom. The average Bonchev–Trinajstić information content (AvgIpc) is 3.83. The summed E-state index contributed by atoms with van der Waals surface area (Å²) in [7, 11) is -3.44. The third-order valence-corrected chi connectivity index (χ3v) is 14.4. The van der Waals surface area contributed by atoms with Gasteiger partial charge in [0.15, 0.2) is 5.60 Å². The lowest BCUT2D eigenvalue weighted by atomic mass is 9.82. The molecule has 1 spiro atoms. The highest BCUT2D eigenvalue weighted by molar-refractivity contribution is 6.72. The number of amides is 2. The molecule has 11 heteroatoms. The van der Waals surface area contributed by atoms with Gasteiger partial charge in [0.05, 0.1) is 35.7 Å². The maximum absolute atomic E-state index is 16.7. The fourth-order valence-corrected chi connectivity index (χ4v) is 11.7. The fraction of sp³-hybridized carbons (Fsp3) is 0.422. The highest BCUT2D eigenvalue weighted by atomic mass is 28.4. The first-order valence-corrected chi connectivity index (χ1v) is 22.9. The molecule has 3 aliphatic heterocycles. The van der Waals surface area contributed by atoms with E-state index in [-0.39, 0.29) is 24.3 Å². The van der Waals surface area contributed by atoms with Crippen LogP contribution in [0.2, 0.25) is 18.6 Å². The summed E-state index contributed by atoms with van der Waals surface area (Å²) in [6, 6.07) is 23.4. The number of fused-ring (bicyclic) bond motifs is 3. The van der Waals surface area contributed by atoms with E-state index in [0.717, 1.165) is 35.3 Å². The molecule has 3 aliphatic rings. The zero-order valence-corrected chi connectivity index (χ0v) is 34.4. The van der Waals surface area contributed by atoms with Crippen LogP contribution in [-0.4, -0.2) is 59.6 Å². The molecule has 56 heavy (non-hydrogen) atoms. The third kappa shape index (κ3) is 7.44. The van der Waals surface area contributed by atoms with E-state index < -0.39 is 31.6 Å². The average molecular weight is 776 g/mol. The van der Waals surface area contributed by atoms with Crippen LogP contribution in [-0.2, 0) is 32.9 Å². The van der Waals surface area contributed by atoms with Gasteiger partial charge in [0.1, 0.15) is 0 Å². The van der Waals surface area contributed by atoms with Crippen molar-refractivity contribution in [1.82, 2.24) is 15.0 Å². The van der Waals surface area contributed by atoms with E-state index in [2.05, 4.69) is 49.3 Å². The third-order valence-electron chi connectivity index (χ3n) is 11.9. The summed E-state index contributed by atoms with van der Waals surface area (Å²) in [5, 5.41) is 19.0. The molecule has 1 aromatic heterocycles. The van der Waals surface area contributed by atoms with Crippen molar-refractivity contribution in [1.29, 1.82) is 0 Å². The zero-order valence-electron chi connectivity index (χ0n) is 33.4. The van der Waals surface area contributed by atoms with Gasteiger partial charge in [-0.2, -0.15) is 0 Å². The Bertz CT molecular complexity index is 2140. The van der Waals surface area contributed by atoms with Crippen LogP contribution in [0.5, 0.6) is 0 Å². The first kappa shape index (κ1) is 39.5. The maximum Gasteiger partial charge on any atom is 0.264 e. The Balaban J connectivity index is 1.24. The monoisotopic (exact) mass is 775 g/mol. The van der Waals surface area contributed by atoms with Crippen molar-refractivity contribution in [3.05, 3.63) is 125 Å². The fourth-order valence-electron chi connectivity index (χ4n) is 9.17. The Hall–Kier alpha value is -4.71. The molecule has 294 valence electrons. The van der Waals surface area contributed by atoms with E-state index in [1.807, 2.05) is 79.9 Å². The van der Waals surface area contributed by atoms with Crippen molar-refractivity contribution in [3.63, 3.8) is 0 Å². The number of rotatable bonds is 13. The molecule has 1 fully saturated rings. The van der Waals surface area contributed by atoms with Gasteiger partial charge in [-0.15, -0.1) is 5.10 Å². The quantitative estimate of drug-likeness (QED) is 0.0828. The maximum atomic E-state index is 16.7. The van der Waals surface area contributed by atoms with Gasteiger partial charge in [-0.1, -0.05) is 84.0 Å². The van der Waals surface area contributed by atoms with E-state index in [0.29, 0.717) is 49.3 Å². The normalized spacial score (nSPS) is 22.8. The molecule has 0 radical (unpaired) electrons. The number of ether oxygens (including phenoxy) is 1. The second kappa shape index (κ2) is 16.0. The molecule has 1 N–H and O–H groups in total. The summed E-state index contributed by atoms with van der Waals surface area (Å²) in [5.74, 6) is -1.01. The summed E-state index contributed by atoms with van der Waals surface area (Å²) in [4.78, 5) is 32.3. The molecule has 2 amide bonds. The molecule has 4 heterocycles. The van der Waals surface area contributed by atoms with Crippen LogP contribution in [0.25, 0.3) is 0 Å². The van der Waals surface area contributed by atoms with E-state index in [9.17, 15) is 9.90 Å². The predicted molar refractivity (Wildman–Crippen MR) is 221 cm³/mol. The Morgan fingerprint density at radius 1 is 1.02 bits per heavy atom. The number of hydrogen-bond acceptors (Lipinski definition) is 6. The molecular weight excluding hydrogens is 722 g/mol. The van der Waals surface area contributed by atoms with Crippen molar-refractivity contribution in [2.45, 2.75) is 103 Å². The number of para-hydroxylation sites is 1. The van der Waals surface area contributed by atoms with Crippen LogP contribution in [0.1, 0.15) is 81.7 Å². The topological polar surface area (TPSA) is 101 Å².